The highest BCUT2D eigenvalue weighted by Crippen LogP contribution is 2.31. The lowest BCUT2D eigenvalue weighted by molar-refractivity contribution is 0.0926. The Morgan fingerprint density at radius 1 is 0.880 bits per heavy atom. The van der Waals surface area contributed by atoms with Crippen molar-refractivity contribution in [1.29, 1.82) is 0 Å². The highest BCUT2D eigenvalue weighted by molar-refractivity contribution is 7.80. The summed E-state index contributed by atoms with van der Waals surface area (Å²) in [6.07, 6.45) is 0. The van der Waals surface area contributed by atoms with Crippen LogP contribution in [0.5, 0.6) is 0 Å². The number of rotatable bonds is 2. The fourth-order valence-corrected chi connectivity index (χ4v) is 3.13. The van der Waals surface area contributed by atoms with Gasteiger partial charge in [-0.2, -0.15) is 0 Å². The van der Waals surface area contributed by atoms with Crippen molar-refractivity contribution in [2.24, 2.45) is 5.73 Å². The normalized spacial score (nSPS) is 13.2. The Hall–Kier alpha value is -3.25. The smallest absolute Gasteiger partial charge is 0.266 e. The molecule has 2 amide bonds. The molecule has 1 aliphatic rings. The Morgan fingerprint density at radius 3 is 2.36 bits per heavy atom. The molecule has 5 nitrogen and oxygen atoms in total. The number of anilines is 2. The fourth-order valence-electron chi connectivity index (χ4n) is 3.01. The first-order valence-corrected chi connectivity index (χ1v) is 8.03. The van der Waals surface area contributed by atoms with E-state index in [9.17, 15) is 9.59 Å². The minimum atomic E-state index is -0.359. The largest absolute Gasteiger partial charge is 0.376 e. The average molecular weight is 347 g/mol. The molecule has 122 valence electrons. The number of carbonyl (C=O) groups is 2. The maximum atomic E-state index is 12.8. The minimum absolute atomic E-state index is 0.100. The van der Waals surface area contributed by atoms with Crippen molar-refractivity contribution in [1.82, 2.24) is 0 Å². The van der Waals surface area contributed by atoms with Gasteiger partial charge >= 0.3 is 0 Å². The molecular weight excluding hydrogens is 334 g/mol. The lowest BCUT2D eigenvalue weighted by Crippen LogP contribution is -2.29. The van der Waals surface area contributed by atoms with Gasteiger partial charge in [0, 0.05) is 5.69 Å². The molecule has 3 aromatic carbocycles. The summed E-state index contributed by atoms with van der Waals surface area (Å²) in [6, 6.07) is 18.2. The summed E-state index contributed by atoms with van der Waals surface area (Å²) in [4.78, 5) is 26.7. The molecule has 1 heterocycles. The number of amides is 2. The van der Waals surface area contributed by atoms with Crippen molar-refractivity contribution >= 4 is 51.3 Å². The Balaban J connectivity index is 1.77. The number of benzene rings is 3. The number of nitrogens with two attached hydrogens (primary N) is 1. The van der Waals surface area contributed by atoms with Crippen LogP contribution in [0.4, 0.5) is 11.4 Å². The second-order valence-corrected chi connectivity index (χ2v) is 6.17. The molecule has 0 radical (unpaired) electrons. The van der Waals surface area contributed by atoms with Crippen molar-refractivity contribution in [3.8, 4) is 0 Å². The zero-order valence-corrected chi connectivity index (χ0v) is 13.8. The first kappa shape index (κ1) is 15.3. The number of nitrogens with zero attached hydrogens (tertiary/aromatic N) is 1. The molecular formula is C19H13N3O2S. The summed E-state index contributed by atoms with van der Waals surface area (Å²) in [5.41, 5.74) is 7.29. The monoisotopic (exact) mass is 347 g/mol. The number of hydrogen-bond acceptors (Lipinski definition) is 3. The standard InChI is InChI=1S/C19H13N3O2S/c20-19(25)21-13-6-8-15-16(10-13)18(24)22(17(15)23)14-7-5-11-3-1-2-4-12(11)9-14/h1-10H,(H3,20,21,25). The number of imide groups is 1. The molecule has 1 aliphatic heterocycles. The molecule has 6 heteroatoms. The lowest BCUT2D eigenvalue weighted by Gasteiger charge is -2.14. The average Bonchev–Trinajstić information content (AvgIpc) is 2.84. The van der Waals surface area contributed by atoms with Crippen LogP contribution in [0.1, 0.15) is 20.7 Å². The quantitative estimate of drug-likeness (QED) is 0.549. The van der Waals surface area contributed by atoms with Crippen molar-refractivity contribution in [3.63, 3.8) is 0 Å². The Morgan fingerprint density at radius 2 is 1.60 bits per heavy atom. The summed E-state index contributed by atoms with van der Waals surface area (Å²) >= 11 is 4.81. The van der Waals surface area contributed by atoms with E-state index in [1.807, 2.05) is 36.4 Å². The van der Waals surface area contributed by atoms with Crippen LogP contribution in [-0.2, 0) is 0 Å². The second kappa shape index (κ2) is 5.68. The lowest BCUT2D eigenvalue weighted by atomic mass is 10.1. The third kappa shape index (κ3) is 2.53. The van der Waals surface area contributed by atoms with Crippen molar-refractivity contribution in [2.75, 3.05) is 10.2 Å². The van der Waals surface area contributed by atoms with Crippen molar-refractivity contribution in [2.45, 2.75) is 0 Å². The SMILES string of the molecule is NC(=S)Nc1ccc2c(c1)C(=O)N(c1ccc3ccccc3c1)C2=O. The number of thiocarbonyl (C=S) groups is 1. The van der Waals surface area contributed by atoms with E-state index in [1.165, 1.54) is 4.90 Å². The third-order valence-corrected chi connectivity index (χ3v) is 4.25. The van der Waals surface area contributed by atoms with E-state index in [2.05, 4.69) is 5.32 Å². The van der Waals surface area contributed by atoms with Gasteiger partial charge in [-0.1, -0.05) is 30.3 Å². The number of carbonyl (C=O) groups excluding carboxylic acids is 2. The number of nitrogens with one attached hydrogen (secondary N) is 1. The molecule has 0 unspecified atom stereocenters. The topological polar surface area (TPSA) is 75.4 Å². The molecule has 0 bridgehead atoms. The summed E-state index contributed by atoms with van der Waals surface area (Å²) in [5, 5.41) is 4.89. The molecule has 3 aromatic rings. The van der Waals surface area contributed by atoms with Gasteiger partial charge < -0.3 is 11.1 Å². The van der Waals surface area contributed by atoms with E-state index in [4.69, 9.17) is 18.0 Å². The molecule has 4 rings (SSSR count). The molecule has 0 saturated heterocycles. The summed E-state index contributed by atoms with van der Waals surface area (Å²) in [7, 11) is 0. The van der Waals surface area contributed by atoms with Crippen LogP contribution in [-0.4, -0.2) is 16.9 Å². The maximum absolute atomic E-state index is 12.8. The zero-order valence-electron chi connectivity index (χ0n) is 13.0. The predicted molar refractivity (Wildman–Crippen MR) is 102 cm³/mol. The number of hydrogen-bond donors (Lipinski definition) is 2. The minimum Gasteiger partial charge on any atom is -0.376 e. The zero-order chi connectivity index (χ0) is 17.6. The van der Waals surface area contributed by atoms with Gasteiger partial charge in [-0.3, -0.25) is 9.59 Å². The molecule has 0 spiro atoms. The summed E-state index contributed by atoms with van der Waals surface area (Å²) < 4.78 is 0. The van der Waals surface area contributed by atoms with E-state index in [0.717, 1.165) is 10.8 Å². The van der Waals surface area contributed by atoms with Crippen LogP contribution in [0.2, 0.25) is 0 Å². The van der Waals surface area contributed by atoms with Crippen LogP contribution in [0, 0.1) is 0 Å². The summed E-state index contributed by atoms with van der Waals surface area (Å²) in [5.74, 6) is -0.695. The van der Waals surface area contributed by atoms with Gasteiger partial charge in [0.1, 0.15) is 0 Å². The Kier molecular flexibility index (Phi) is 3.47. The van der Waals surface area contributed by atoms with Gasteiger partial charge in [0.15, 0.2) is 5.11 Å². The van der Waals surface area contributed by atoms with Crippen LogP contribution in [0.3, 0.4) is 0 Å². The first-order chi connectivity index (χ1) is 12.0. The third-order valence-electron chi connectivity index (χ3n) is 4.15. The van der Waals surface area contributed by atoms with Crippen LogP contribution < -0.4 is 16.0 Å². The van der Waals surface area contributed by atoms with Gasteiger partial charge in [0.05, 0.1) is 16.8 Å². The van der Waals surface area contributed by atoms with E-state index < -0.39 is 0 Å². The molecule has 0 aliphatic carbocycles. The Bertz CT molecular complexity index is 1060. The highest BCUT2D eigenvalue weighted by Gasteiger charge is 2.36. The molecule has 25 heavy (non-hydrogen) atoms. The fraction of sp³-hybridized carbons (Fsp3) is 0. The first-order valence-electron chi connectivity index (χ1n) is 7.63. The molecule has 0 aromatic heterocycles. The molecule has 3 N–H and O–H groups in total. The maximum Gasteiger partial charge on any atom is 0.266 e. The van der Waals surface area contributed by atoms with E-state index in [-0.39, 0.29) is 16.9 Å². The van der Waals surface area contributed by atoms with E-state index >= 15 is 0 Å². The van der Waals surface area contributed by atoms with Gasteiger partial charge in [0.25, 0.3) is 11.8 Å². The number of fused-ring (bicyclic) bond motifs is 2. The van der Waals surface area contributed by atoms with Crippen molar-refractivity contribution < 1.29 is 9.59 Å². The van der Waals surface area contributed by atoms with Gasteiger partial charge in [-0.05, 0) is 53.3 Å². The van der Waals surface area contributed by atoms with Crippen LogP contribution >= 0.6 is 12.2 Å². The van der Waals surface area contributed by atoms with Crippen molar-refractivity contribution in [3.05, 3.63) is 71.8 Å². The van der Waals surface area contributed by atoms with E-state index in [1.54, 1.807) is 24.3 Å². The van der Waals surface area contributed by atoms with E-state index in [0.29, 0.717) is 22.5 Å². The van der Waals surface area contributed by atoms with Gasteiger partial charge in [-0.15, -0.1) is 0 Å². The molecule has 0 saturated carbocycles. The van der Waals surface area contributed by atoms with Gasteiger partial charge in [-0.25, -0.2) is 4.90 Å². The van der Waals surface area contributed by atoms with Crippen LogP contribution in [0.25, 0.3) is 10.8 Å². The second-order valence-electron chi connectivity index (χ2n) is 5.73. The molecule has 0 fully saturated rings. The van der Waals surface area contributed by atoms with Gasteiger partial charge in [0.2, 0.25) is 0 Å². The predicted octanol–water partition coefficient (Wildman–Crippen LogP) is 3.30. The highest BCUT2D eigenvalue weighted by atomic mass is 32.1. The van der Waals surface area contributed by atoms with Crippen LogP contribution in [0.15, 0.2) is 60.7 Å². The summed E-state index contributed by atoms with van der Waals surface area (Å²) in [6.45, 7) is 0. The molecule has 0 atom stereocenters. The Labute approximate surface area is 149 Å².